The highest BCUT2D eigenvalue weighted by molar-refractivity contribution is 6.00. The van der Waals surface area contributed by atoms with Crippen molar-refractivity contribution in [3.63, 3.8) is 0 Å². The molecule has 0 aliphatic carbocycles. The molecule has 0 unspecified atom stereocenters. The van der Waals surface area contributed by atoms with E-state index < -0.39 is 40.8 Å². The van der Waals surface area contributed by atoms with E-state index in [1.54, 1.807) is 48.6 Å². The number of aromatic nitrogens is 2. The van der Waals surface area contributed by atoms with Crippen molar-refractivity contribution in [2.45, 2.75) is 59.7 Å². The average molecular weight is 406 g/mol. The number of nitrogens with zero attached hydrogens (tertiary/aromatic N) is 3. The van der Waals surface area contributed by atoms with Gasteiger partial charge in [-0.1, -0.05) is 0 Å². The van der Waals surface area contributed by atoms with Gasteiger partial charge in [0.25, 0.3) is 0 Å². The Morgan fingerprint density at radius 2 is 1.55 bits per heavy atom. The van der Waals surface area contributed by atoms with Crippen LogP contribution in [0.3, 0.4) is 0 Å². The van der Waals surface area contributed by atoms with Gasteiger partial charge in [0, 0.05) is 18.4 Å². The Kier molecular flexibility index (Phi) is 6.45. The summed E-state index contributed by atoms with van der Waals surface area (Å²) >= 11 is 0. The number of carbonyl (C=O) groups is 2. The topological polar surface area (TPSA) is 126 Å². The molecule has 1 aromatic heterocycles. The maximum Gasteiger partial charge on any atom is 0.385 e. The van der Waals surface area contributed by atoms with Gasteiger partial charge in [-0.25, -0.2) is 9.59 Å². The third-order valence-corrected chi connectivity index (χ3v) is 4.29. The van der Waals surface area contributed by atoms with Crippen LogP contribution in [0.15, 0.2) is 28.9 Å². The molecule has 0 saturated carbocycles. The number of rotatable bonds is 6. The lowest BCUT2D eigenvalue weighted by Crippen LogP contribution is -2.34. The second-order valence-electron chi connectivity index (χ2n) is 7.36. The molecule has 158 valence electrons. The summed E-state index contributed by atoms with van der Waals surface area (Å²) in [7, 11) is 1.57. The van der Waals surface area contributed by atoms with Crippen LogP contribution in [-0.2, 0) is 26.1 Å². The fraction of sp³-hybridized carbons (Fsp3) is 0.526. The first kappa shape index (κ1) is 22.1. The maximum absolute atomic E-state index is 12.9. The van der Waals surface area contributed by atoms with Gasteiger partial charge in [0.05, 0.1) is 29.3 Å². The molecule has 29 heavy (non-hydrogen) atoms. The predicted octanol–water partition coefficient (Wildman–Crippen LogP) is 2.47. The van der Waals surface area contributed by atoms with Crippen LogP contribution >= 0.6 is 0 Å². The van der Waals surface area contributed by atoms with Crippen LogP contribution in [0, 0.1) is 10.1 Å². The molecule has 0 saturated heterocycles. The molecular weight excluding hydrogens is 380 g/mol. The normalized spacial score (nSPS) is 15.1. The highest BCUT2D eigenvalue weighted by atomic mass is 16.6. The van der Waals surface area contributed by atoms with Gasteiger partial charge in [-0.05, 0) is 51.4 Å². The molecule has 1 N–H and O–H groups in total. The standard InChI is InChI=1S/C19H26N4O6/c1-9(2)28-18(24)13-11(5)21-12(6)14(19(25)29-10(3)4)15(13)16-17(23(26)27)20-8-22(16)7/h8-10,15,21H,1-7H3. The third-order valence-electron chi connectivity index (χ3n) is 4.29. The van der Waals surface area contributed by atoms with Gasteiger partial charge in [0.1, 0.15) is 5.69 Å². The van der Waals surface area contributed by atoms with E-state index in [1.807, 2.05) is 0 Å². The lowest BCUT2D eigenvalue weighted by Gasteiger charge is -2.30. The van der Waals surface area contributed by atoms with E-state index in [-0.39, 0.29) is 16.8 Å². The van der Waals surface area contributed by atoms with Gasteiger partial charge in [-0.15, -0.1) is 0 Å². The van der Waals surface area contributed by atoms with Crippen molar-refractivity contribution in [2.75, 3.05) is 0 Å². The molecule has 10 nitrogen and oxygen atoms in total. The van der Waals surface area contributed by atoms with Crippen LogP contribution in [0.4, 0.5) is 5.82 Å². The molecule has 0 atom stereocenters. The number of dihydropyridines is 1. The van der Waals surface area contributed by atoms with Gasteiger partial charge < -0.3 is 29.5 Å². The summed E-state index contributed by atoms with van der Waals surface area (Å²) in [6.07, 6.45) is 0.447. The van der Waals surface area contributed by atoms with E-state index in [0.29, 0.717) is 11.4 Å². The summed E-state index contributed by atoms with van der Waals surface area (Å²) in [5.74, 6) is -2.85. The zero-order valence-electron chi connectivity index (χ0n) is 17.6. The minimum atomic E-state index is -1.07. The number of ether oxygens (including phenoxy) is 2. The highest BCUT2D eigenvalue weighted by Gasteiger charge is 2.43. The van der Waals surface area contributed by atoms with Crippen LogP contribution in [0.5, 0.6) is 0 Å². The number of hydrogen-bond donors (Lipinski definition) is 1. The Bertz CT molecular complexity index is 866. The molecular formula is C19H26N4O6. The summed E-state index contributed by atoms with van der Waals surface area (Å²) < 4.78 is 12.2. The fourth-order valence-corrected chi connectivity index (χ4v) is 3.26. The van der Waals surface area contributed by atoms with Crippen molar-refractivity contribution in [3.05, 3.63) is 44.7 Å². The zero-order valence-corrected chi connectivity index (χ0v) is 17.6. The number of aryl methyl sites for hydroxylation is 1. The third kappa shape index (κ3) is 4.47. The second-order valence-corrected chi connectivity index (χ2v) is 7.36. The molecule has 10 heteroatoms. The molecule has 0 bridgehead atoms. The Morgan fingerprint density at radius 3 is 1.93 bits per heavy atom. The van der Waals surface area contributed by atoms with Gasteiger partial charge in [0.2, 0.25) is 6.33 Å². The lowest BCUT2D eigenvalue weighted by atomic mass is 9.82. The van der Waals surface area contributed by atoms with Gasteiger partial charge in [-0.3, -0.25) is 0 Å². The zero-order chi connectivity index (χ0) is 22.0. The number of hydrogen-bond acceptors (Lipinski definition) is 8. The molecule has 2 heterocycles. The number of allylic oxidation sites excluding steroid dienone is 2. The van der Waals surface area contributed by atoms with E-state index in [4.69, 9.17) is 9.47 Å². The monoisotopic (exact) mass is 406 g/mol. The SMILES string of the molecule is CC1=C(C(=O)OC(C)C)C(c2c([N+](=O)[O-])ncn2C)C(C(=O)OC(C)C)=C(C)N1. The molecule has 0 radical (unpaired) electrons. The Morgan fingerprint density at radius 1 is 1.10 bits per heavy atom. The van der Waals surface area contributed by atoms with Crippen LogP contribution in [0.1, 0.15) is 53.2 Å². The summed E-state index contributed by atoms with van der Waals surface area (Å²) in [5, 5.41) is 14.6. The molecule has 0 spiro atoms. The summed E-state index contributed by atoms with van der Waals surface area (Å²) in [6, 6.07) is 0. The van der Waals surface area contributed by atoms with Crippen LogP contribution < -0.4 is 5.32 Å². The number of nitro groups is 1. The lowest BCUT2D eigenvalue weighted by molar-refractivity contribution is -0.390. The average Bonchev–Trinajstić information content (AvgIpc) is 2.93. The van der Waals surface area contributed by atoms with Gasteiger partial charge >= 0.3 is 17.8 Å². The largest absolute Gasteiger partial charge is 0.460 e. The van der Waals surface area contributed by atoms with Crippen molar-refractivity contribution < 1.29 is 24.0 Å². The van der Waals surface area contributed by atoms with E-state index in [2.05, 4.69) is 10.3 Å². The summed E-state index contributed by atoms with van der Waals surface area (Å²) in [6.45, 7) is 10.1. The number of carbonyl (C=O) groups excluding carboxylic acids is 2. The van der Waals surface area contributed by atoms with Crippen molar-refractivity contribution in [3.8, 4) is 0 Å². The van der Waals surface area contributed by atoms with Crippen LogP contribution in [0.2, 0.25) is 0 Å². The van der Waals surface area contributed by atoms with E-state index in [0.717, 1.165) is 0 Å². The van der Waals surface area contributed by atoms with E-state index in [9.17, 15) is 19.7 Å². The van der Waals surface area contributed by atoms with E-state index >= 15 is 0 Å². The van der Waals surface area contributed by atoms with Crippen molar-refractivity contribution >= 4 is 17.8 Å². The number of esters is 2. The van der Waals surface area contributed by atoms with Gasteiger partial charge in [0.15, 0.2) is 0 Å². The Hall–Kier alpha value is -3.17. The predicted molar refractivity (Wildman–Crippen MR) is 104 cm³/mol. The first-order valence-corrected chi connectivity index (χ1v) is 9.21. The molecule has 1 aliphatic heterocycles. The summed E-state index contributed by atoms with van der Waals surface area (Å²) in [4.78, 5) is 40.6. The highest BCUT2D eigenvalue weighted by Crippen LogP contribution is 2.42. The van der Waals surface area contributed by atoms with Crippen molar-refractivity contribution in [1.82, 2.24) is 14.9 Å². The summed E-state index contributed by atoms with van der Waals surface area (Å²) in [5.41, 5.74) is 1.18. The minimum Gasteiger partial charge on any atom is -0.460 e. The fourth-order valence-electron chi connectivity index (χ4n) is 3.26. The van der Waals surface area contributed by atoms with Gasteiger partial charge in [-0.2, -0.15) is 0 Å². The molecule has 1 aromatic rings. The van der Waals surface area contributed by atoms with Crippen molar-refractivity contribution in [1.29, 1.82) is 0 Å². The quantitative estimate of drug-likeness (QED) is 0.434. The molecule has 0 aromatic carbocycles. The molecule has 1 aliphatic rings. The number of imidazole rings is 1. The Balaban J connectivity index is 2.76. The molecule has 0 fully saturated rings. The maximum atomic E-state index is 12.9. The van der Waals surface area contributed by atoms with E-state index in [1.165, 1.54) is 10.9 Å². The second kappa shape index (κ2) is 8.46. The van der Waals surface area contributed by atoms with Crippen LogP contribution in [-0.4, -0.2) is 38.6 Å². The first-order valence-electron chi connectivity index (χ1n) is 9.21. The molecule has 2 rings (SSSR count). The number of nitrogens with one attached hydrogen (secondary N) is 1. The molecule has 0 amide bonds. The minimum absolute atomic E-state index is 0.0987. The Labute approximate surface area is 168 Å². The van der Waals surface area contributed by atoms with Crippen LogP contribution in [0.25, 0.3) is 0 Å². The first-order chi connectivity index (χ1) is 13.5. The smallest absolute Gasteiger partial charge is 0.385 e. The van der Waals surface area contributed by atoms with Crippen molar-refractivity contribution in [2.24, 2.45) is 7.05 Å².